The van der Waals surface area contributed by atoms with Crippen LogP contribution in [0.5, 0.6) is 0 Å². The van der Waals surface area contributed by atoms with Crippen molar-refractivity contribution in [2.24, 2.45) is 0 Å². The molecule has 0 aliphatic carbocycles. The zero-order valence-corrected chi connectivity index (χ0v) is 45.5. The standard InChI is InChI=1S/C57H99NO18/c1-3-5-7-9-11-13-15-17-18-19-20-21-22-23-25-27-29-31-33-35-45(63)58-40(41(62)34-32-30-28-26-24-16-14-12-10-8-6-4-2)39-71-55-51(69)48(66)53(43(37-60)73-55)76-57-52(70)49(67)54(44(38-61)74-57)75-56-50(68)47(65)46(64)42(36-59)72-56/h10-13,17-18,24,26,32,34,40-44,46-57,59-62,64-70H,3-9,14-16,19-23,25,27-31,33,35-39H2,1-2H3,(H,58,63)/b12-10+,13-11-,18-17-,26-24+,34-32+. The van der Waals surface area contributed by atoms with E-state index >= 15 is 0 Å². The molecule has 12 N–H and O–H groups in total. The van der Waals surface area contributed by atoms with Gasteiger partial charge in [-0.05, 0) is 70.6 Å². The van der Waals surface area contributed by atoms with Crippen molar-refractivity contribution < 1.29 is 89.4 Å². The highest BCUT2D eigenvalue weighted by Crippen LogP contribution is 2.33. The van der Waals surface area contributed by atoms with E-state index in [-0.39, 0.29) is 18.9 Å². The molecule has 17 unspecified atom stereocenters. The van der Waals surface area contributed by atoms with Gasteiger partial charge in [-0.2, -0.15) is 0 Å². The molecular weight excluding hydrogens is 987 g/mol. The molecule has 17 atom stereocenters. The van der Waals surface area contributed by atoms with Crippen LogP contribution < -0.4 is 5.32 Å². The minimum absolute atomic E-state index is 0.224. The van der Waals surface area contributed by atoms with Crippen molar-refractivity contribution in [3.8, 4) is 0 Å². The Bertz CT molecular complexity index is 1630. The molecule has 1 amide bonds. The van der Waals surface area contributed by atoms with Gasteiger partial charge in [0.25, 0.3) is 0 Å². The van der Waals surface area contributed by atoms with Gasteiger partial charge in [-0.15, -0.1) is 0 Å². The Morgan fingerprint density at radius 1 is 0.474 bits per heavy atom. The Balaban J connectivity index is 1.52. The summed E-state index contributed by atoms with van der Waals surface area (Å²) < 4.78 is 34.1. The number of amides is 1. The first-order valence-corrected chi connectivity index (χ1v) is 28.5. The number of rotatable bonds is 40. The molecule has 76 heavy (non-hydrogen) atoms. The Labute approximate surface area is 452 Å². The molecule has 3 saturated heterocycles. The average Bonchev–Trinajstić information content (AvgIpc) is 3.42. The van der Waals surface area contributed by atoms with Gasteiger partial charge in [-0.3, -0.25) is 4.79 Å². The minimum atomic E-state index is -1.98. The average molecular weight is 1090 g/mol. The fourth-order valence-electron chi connectivity index (χ4n) is 9.24. The predicted octanol–water partition coefficient (Wildman–Crippen LogP) is 4.09. The lowest BCUT2D eigenvalue weighted by atomic mass is 9.96. The van der Waals surface area contributed by atoms with Crippen LogP contribution in [-0.2, 0) is 33.2 Å². The van der Waals surface area contributed by atoms with Gasteiger partial charge in [0.05, 0.1) is 38.6 Å². The third-order valence-electron chi connectivity index (χ3n) is 14.0. The largest absolute Gasteiger partial charge is 0.394 e. The normalized spacial score (nSPS) is 31.4. The zero-order chi connectivity index (χ0) is 55.5. The van der Waals surface area contributed by atoms with E-state index in [0.717, 1.165) is 64.2 Å². The van der Waals surface area contributed by atoms with Crippen LogP contribution in [0.1, 0.15) is 162 Å². The Morgan fingerprint density at radius 3 is 1.43 bits per heavy atom. The van der Waals surface area contributed by atoms with Crippen LogP contribution in [0.3, 0.4) is 0 Å². The Morgan fingerprint density at radius 2 is 0.895 bits per heavy atom. The second-order valence-corrected chi connectivity index (χ2v) is 20.4. The summed E-state index contributed by atoms with van der Waals surface area (Å²) in [5, 5.41) is 120. The second kappa shape index (κ2) is 40.6. The minimum Gasteiger partial charge on any atom is -0.394 e. The molecular formula is C57H99NO18. The van der Waals surface area contributed by atoms with Gasteiger partial charge in [0, 0.05) is 6.42 Å². The number of nitrogens with one attached hydrogen (secondary N) is 1. The van der Waals surface area contributed by atoms with E-state index in [4.69, 9.17) is 28.4 Å². The van der Waals surface area contributed by atoms with Crippen molar-refractivity contribution >= 4 is 5.91 Å². The lowest BCUT2D eigenvalue weighted by Crippen LogP contribution is -2.66. The van der Waals surface area contributed by atoms with E-state index in [2.05, 4.69) is 67.8 Å². The monoisotopic (exact) mass is 1090 g/mol. The molecule has 0 aromatic carbocycles. The van der Waals surface area contributed by atoms with Crippen molar-refractivity contribution in [1.29, 1.82) is 0 Å². The summed E-state index contributed by atoms with van der Waals surface area (Å²) in [7, 11) is 0. The maximum atomic E-state index is 13.3. The molecule has 19 heteroatoms. The smallest absolute Gasteiger partial charge is 0.220 e. The fraction of sp³-hybridized carbons (Fsp3) is 0.807. The number of ether oxygens (including phenoxy) is 6. The van der Waals surface area contributed by atoms with Crippen LogP contribution in [0.4, 0.5) is 0 Å². The molecule has 0 radical (unpaired) electrons. The van der Waals surface area contributed by atoms with Gasteiger partial charge < -0.3 is 89.9 Å². The molecule has 0 aromatic rings. The molecule has 3 rings (SSSR count). The van der Waals surface area contributed by atoms with E-state index in [9.17, 15) is 61.0 Å². The molecule has 19 nitrogen and oxygen atoms in total. The quantitative estimate of drug-likeness (QED) is 0.0304. The van der Waals surface area contributed by atoms with Crippen LogP contribution in [0, 0.1) is 0 Å². The number of allylic oxidation sites excluding steroid dienone is 9. The van der Waals surface area contributed by atoms with E-state index < -0.39 is 124 Å². The molecule has 0 spiro atoms. The number of hydrogen-bond acceptors (Lipinski definition) is 18. The van der Waals surface area contributed by atoms with Gasteiger partial charge in [0.15, 0.2) is 18.9 Å². The number of carbonyl (C=O) groups is 1. The number of carbonyl (C=O) groups excluding carboxylic acids is 1. The lowest BCUT2D eigenvalue weighted by molar-refractivity contribution is -0.379. The topological polar surface area (TPSA) is 307 Å². The fourth-order valence-corrected chi connectivity index (χ4v) is 9.24. The first-order valence-electron chi connectivity index (χ1n) is 28.5. The van der Waals surface area contributed by atoms with Gasteiger partial charge in [-0.25, -0.2) is 0 Å². The van der Waals surface area contributed by atoms with Crippen LogP contribution in [0.2, 0.25) is 0 Å². The molecule has 3 aliphatic rings. The van der Waals surface area contributed by atoms with Crippen LogP contribution >= 0.6 is 0 Å². The first-order chi connectivity index (χ1) is 36.8. The van der Waals surface area contributed by atoms with Crippen LogP contribution in [-0.4, -0.2) is 193 Å². The van der Waals surface area contributed by atoms with Crippen molar-refractivity contribution in [1.82, 2.24) is 5.32 Å². The summed E-state index contributed by atoms with van der Waals surface area (Å²) >= 11 is 0. The summed E-state index contributed by atoms with van der Waals surface area (Å²) in [6.45, 7) is 1.58. The van der Waals surface area contributed by atoms with Crippen molar-refractivity contribution in [3.63, 3.8) is 0 Å². The van der Waals surface area contributed by atoms with E-state index in [1.54, 1.807) is 6.08 Å². The summed E-state index contributed by atoms with van der Waals surface area (Å²) in [5.74, 6) is -0.299. The molecule has 0 saturated carbocycles. The van der Waals surface area contributed by atoms with E-state index in [1.807, 2.05) is 6.08 Å². The van der Waals surface area contributed by atoms with Crippen molar-refractivity contribution in [2.45, 2.75) is 266 Å². The molecule has 3 fully saturated rings. The van der Waals surface area contributed by atoms with Crippen LogP contribution in [0.25, 0.3) is 0 Å². The molecule has 3 aliphatic heterocycles. The highest BCUT2D eigenvalue weighted by molar-refractivity contribution is 5.76. The van der Waals surface area contributed by atoms with E-state index in [0.29, 0.717) is 12.8 Å². The predicted molar refractivity (Wildman–Crippen MR) is 286 cm³/mol. The summed E-state index contributed by atoms with van der Waals surface area (Å²) in [6.07, 6.45) is 17.8. The van der Waals surface area contributed by atoms with Crippen LogP contribution in [0.15, 0.2) is 60.8 Å². The molecule has 3 heterocycles. The number of hydrogen-bond donors (Lipinski definition) is 12. The number of unbranched alkanes of at least 4 members (excludes halogenated alkanes) is 16. The highest BCUT2D eigenvalue weighted by Gasteiger charge is 2.53. The maximum absolute atomic E-state index is 13.3. The summed E-state index contributed by atoms with van der Waals surface area (Å²) in [4.78, 5) is 13.3. The van der Waals surface area contributed by atoms with E-state index in [1.165, 1.54) is 64.2 Å². The Hall–Kier alpha value is -2.51. The van der Waals surface area contributed by atoms with Crippen molar-refractivity contribution in [2.75, 3.05) is 26.4 Å². The van der Waals surface area contributed by atoms with Crippen molar-refractivity contribution in [3.05, 3.63) is 60.8 Å². The number of aliphatic hydroxyl groups is 11. The highest BCUT2D eigenvalue weighted by atomic mass is 16.8. The van der Waals surface area contributed by atoms with Gasteiger partial charge in [0.2, 0.25) is 5.91 Å². The second-order valence-electron chi connectivity index (χ2n) is 20.4. The first kappa shape index (κ1) is 67.8. The third-order valence-corrected chi connectivity index (χ3v) is 14.0. The zero-order valence-electron chi connectivity index (χ0n) is 45.5. The SMILES string of the molecule is CCCC/C=C/CC/C=C/CC/C=C/C(O)C(COC1OC(CO)C(OC2OC(CO)C(OC3OC(CO)C(O)C(O)C3O)C(O)C2O)C(O)C1O)NC(=O)CCCCCCCCCCC/C=C\C/C=C\CCCCC. The van der Waals surface area contributed by atoms with Gasteiger partial charge in [0.1, 0.15) is 73.2 Å². The summed E-state index contributed by atoms with van der Waals surface area (Å²) in [5.41, 5.74) is 0. The van der Waals surface area contributed by atoms with Gasteiger partial charge in [-0.1, -0.05) is 145 Å². The summed E-state index contributed by atoms with van der Waals surface area (Å²) in [6, 6.07) is -0.998. The number of aliphatic hydroxyl groups excluding tert-OH is 11. The molecule has 0 bridgehead atoms. The Kier molecular flexibility index (Phi) is 36.2. The maximum Gasteiger partial charge on any atom is 0.220 e. The molecule has 0 aromatic heterocycles. The lowest BCUT2D eigenvalue weighted by Gasteiger charge is -2.48. The van der Waals surface area contributed by atoms with Gasteiger partial charge >= 0.3 is 0 Å². The third kappa shape index (κ3) is 24.9. The molecule has 440 valence electrons.